The van der Waals surface area contributed by atoms with Crippen LogP contribution in [0, 0.1) is 19.3 Å². The predicted molar refractivity (Wildman–Crippen MR) is 126 cm³/mol. The minimum absolute atomic E-state index is 0.0441. The Morgan fingerprint density at radius 2 is 1.08 bits per heavy atom. The van der Waals surface area contributed by atoms with Gasteiger partial charge >= 0.3 is 11.9 Å². The molecule has 0 radical (unpaired) electrons. The summed E-state index contributed by atoms with van der Waals surface area (Å²) < 4.78 is 20.8. The van der Waals surface area contributed by atoms with Crippen LogP contribution in [-0.4, -0.2) is 50.3 Å². The molecule has 2 aromatic rings. The van der Waals surface area contributed by atoms with Crippen LogP contribution in [0.2, 0.25) is 0 Å². The van der Waals surface area contributed by atoms with Crippen LogP contribution in [0.15, 0.2) is 60.7 Å². The number of carbonyl (C=O) groups is 4. The second-order valence-corrected chi connectivity index (χ2v) is 8.25. The van der Waals surface area contributed by atoms with Crippen LogP contribution in [0.5, 0.6) is 11.5 Å². The molecule has 0 unspecified atom stereocenters. The molecule has 0 fully saturated rings. The molecule has 0 N–H and O–H groups in total. The lowest BCUT2D eigenvalue weighted by atomic mass is 9.75. The zero-order valence-corrected chi connectivity index (χ0v) is 20.7. The van der Waals surface area contributed by atoms with Crippen LogP contribution in [0.25, 0.3) is 0 Å². The number of benzene rings is 2. The van der Waals surface area contributed by atoms with Gasteiger partial charge in [0, 0.05) is 0 Å². The molecule has 198 valence electrons. The van der Waals surface area contributed by atoms with Crippen molar-refractivity contribution >= 4 is 23.9 Å². The van der Waals surface area contributed by atoms with Crippen molar-refractivity contribution in [1.29, 1.82) is 0 Å². The van der Waals surface area contributed by atoms with E-state index < -0.39 is 47.7 Å². The molecular weight excluding hydrogens is 484 g/mol. The Hall–Kier alpha value is -4.34. The topological polar surface area (TPSA) is 151 Å². The standard InChI is InChI=1S/C27H30O10/c1-18-4-8-21(9-5-18)34-12-14-36-23(28)16-27(26(32)33,20(3)25(30)31)17-24(29)37-15-13-35-22-10-6-19(2)7-11-22/h4-11H,3,12-17H2,1-2H3,(H,30,31)(H,32,33)/p-2. The monoisotopic (exact) mass is 512 g/mol. The van der Waals surface area contributed by atoms with E-state index in [2.05, 4.69) is 6.58 Å². The van der Waals surface area contributed by atoms with Crippen LogP contribution in [0.1, 0.15) is 24.0 Å². The SMILES string of the molecule is C=C(C(=O)[O-])C(CC(=O)OCCOc1ccc(C)cc1)(CC(=O)OCCOc1ccc(C)cc1)C(=O)[O-]. The molecule has 0 aromatic heterocycles. The Morgan fingerprint density at radius 3 is 1.41 bits per heavy atom. The van der Waals surface area contributed by atoms with Crippen LogP contribution in [0.4, 0.5) is 0 Å². The number of carboxylic acids is 2. The van der Waals surface area contributed by atoms with Gasteiger partial charge in [-0.3, -0.25) is 9.59 Å². The molecule has 10 heteroatoms. The number of aliphatic carboxylic acids is 2. The second-order valence-electron chi connectivity index (χ2n) is 8.25. The van der Waals surface area contributed by atoms with Crippen molar-refractivity contribution in [3.05, 3.63) is 71.8 Å². The molecule has 0 saturated carbocycles. The summed E-state index contributed by atoms with van der Waals surface area (Å²) in [5.74, 6) is -5.11. The Kier molecular flexibility index (Phi) is 10.7. The number of carboxylic acid groups (broad SMARTS) is 2. The van der Waals surface area contributed by atoms with E-state index in [4.69, 9.17) is 18.9 Å². The third-order valence-electron chi connectivity index (χ3n) is 5.38. The molecule has 0 aliphatic heterocycles. The predicted octanol–water partition coefficient (Wildman–Crippen LogP) is 0.670. The lowest BCUT2D eigenvalue weighted by Crippen LogP contribution is -2.50. The highest BCUT2D eigenvalue weighted by molar-refractivity contribution is 5.99. The van der Waals surface area contributed by atoms with Gasteiger partial charge in [0.05, 0.1) is 30.2 Å². The summed E-state index contributed by atoms with van der Waals surface area (Å²) in [6, 6.07) is 14.2. The summed E-state index contributed by atoms with van der Waals surface area (Å²) in [6.45, 7) is 6.41. The van der Waals surface area contributed by atoms with Gasteiger partial charge in [-0.05, 0) is 43.7 Å². The van der Waals surface area contributed by atoms with E-state index in [1.54, 1.807) is 24.3 Å². The molecule has 0 spiro atoms. The minimum atomic E-state index is -2.64. The third kappa shape index (κ3) is 8.99. The highest BCUT2D eigenvalue weighted by atomic mass is 16.6. The highest BCUT2D eigenvalue weighted by Crippen LogP contribution is 2.35. The lowest BCUT2D eigenvalue weighted by molar-refractivity contribution is -0.322. The molecule has 0 amide bonds. The van der Waals surface area contributed by atoms with Gasteiger partial charge < -0.3 is 38.7 Å². The fourth-order valence-electron chi connectivity index (χ4n) is 3.23. The molecule has 0 aliphatic carbocycles. The maximum Gasteiger partial charge on any atom is 0.307 e. The van der Waals surface area contributed by atoms with Crippen molar-refractivity contribution < 1.29 is 48.3 Å². The molecule has 0 saturated heterocycles. The Labute approximate surface area is 214 Å². The Bertz CT molecular complexity index is 1040. The largest absolute Gasteiger partial charge is 0.549 e. The van der Waals surface area contributed by atoms with E-state index in [-0.39, 0.29) is 26.4 Å². The number of ether oxygens (including phenoxy) is 4. The average Bonchev–Trinajstić information content (AvgIpc) is 2.85. The highest BCUT2D eigenvalue weighted by Gasteiger charge is 2.41. The summed E-state index contributed by atoms with van der Waals surface area (Å²) in [5, 5.41) is 23.4. The second kappa shape index (κ2) is 13.7. The normalized spacial score (nSPS) is 10.8. The quantitative estimate of drug-likeness (QED) is 0.189. The molecule has 0 aliphatic rings. The van der Waals surface area contributed by atoms with Gasteiger partial charge in [-0.2, -0.15) is 0 Å². The average molecular weight is 513 g/mol. The van der Waals surface area contributed by atoms with E-state index >= 15 is 0 Å². The smallest absolute Gasteiger partial charge is 0.307 e. The fraction of sp³-hybridized carbons (Fsp3) is 0.333. The van der Waals surface area contributed by atoms with Crippen LogP contribution in [-0.2, 0) is 28.7 Å². The zero-order chi connectivity index (χ0) is 27.4. The van der Waals surface area contributed by atoms with Crippen molar-refractivity contribution in [2.24, 2.45) is 5.41 Å². The molecule has 2 aromatic carbocycles. The molecule has 10 nitrogen and oxygen atoms in total. The van der Waals surface area contributed by atoms with Crippen molar-refractivity contribution in [2.75, 3.05) is 26.4 Å². The first-order chi connectivity index (χ1) is 17.5. The van der Waals surface area contributed by atoms with Gasteiger partial charge in [-0.25, -0.2) is 0 Å². The Morgan fingerprint density at radius 1 is 0.703 bits per heavy atom. The Balaban J connectivity index is 1.94. The van der Waals surface area contributed by atoms with Crippen molar-refractivity contribution in [3.63, 3.8) is 0 Å². The van der Waals surface area contributed by atoms with E-state index in [1.807, 2.05) is 38.1 Å². The first-order valence-electron chi connectivity index (χ1n) is 11.4. The van der Waals surface area contributed by atoms with Crippen molar-refractivity contribution in [3.8, 4) is 11.5 Å². The number of hydrogen-bond acceptors (Lipinski definition) is 10. The molecule has 37 heavy (non-hydrogen) atoms. The minimum Gasteiger partial charge on any atom is -0.549 e. The summed E-state index contributed by atoms with van der Waals surface area (Å²) in [7, 11) is 0. The molecule has 0 atom stereocenters. The summed E-state index contributed by atoms with van der Waals surface area (Å²) in [6.07, 6.45) is -2.08. The van der Waals surface area contributed by atoms with Gasteiger partial charge in [-0.1, -0.05) is 42.0 Å². The van der Waals surface area contributed by atoms with E-state index in [0.29, 0.717) is 11.5 Å². The van der Waals surface area contributed by atoms with E-state index in [0.717, 1.165) is 11.1 Å². The third-order valence-corrected chi connectivity index (χ3v) is 5.38. The summed E-state index contributed by atoms with van der Waals surface area (Å²) in [5.41, 5.74) is -1.60. The van der Waals surface area contributed by atoms with Crippen LogP contribution < -0.4 is 19.7 Å². The van der Waals surface area contributed by atoms with Crippen LogP contribution >= 0.6 is 0 Å². The van der Waals surface area contributed by atoms with Gasteiger partial charge in [0.1, 0.15) is 37.9 Å². The van der Waals surface area contributed by atoms with Gasteiger partial charge in [0.2, 0.25) is 0 Å². The number of aryl methyl sites for hydroxylation is 2. The molecule has 2 rings (SSSR count). The number of rotatable bonds is 15. The van der Waals surface area contributed by atoms with Gasteiger partial charge in [0.15, 0.2) is 0 Å². The summed E-state index contributed by atoms with van der Waals surface area (Å²) in [4.78, 5) is 48.2. The molecular formula is C27H28O10-2. The van der Waals surface area contributed by atoms with Gasteiger partial charge in [-0.15, -0.1) is 0 Å². The number of carbonyl (C=O) groups excluding carboxylic acids is 4. The fourth-order valence-corrected chi connectivity index (χ4v) is 3.23. The van der Waals surface area contributed by atoms with E-state index in [1.165, 1.54) is 0 Å². The summed E-state index contributed by atoms with van der Waals surface area (Å²) >= 11 is 0. The number of hydrogen-bond donors (Lipinski definition) is 0. The maximum atomic E-state index is 12.4. The van der Waals surface area contributed by atoms with E-state index in [9.17, 15) is 29.4 Å². The number of esters is 2. The molecule has 0 bridgehead atoms. The first kappa shape index (κ1) is 28.9. The van der Waals surface area contributed by atoms with Gasteiger partial charge in [0.25, 0.3) is 0 Å². The van der Waals surface area contributed by atoms with Crippen molar-refractivity contribution in [1.82, 2.24) is 0 Å². The lowest BCUT2D eigenvalue weighted by Gasteiger charge is -2.35. The van der Waals surface area contributed by atoms with Crippen LogP contribution in [0.3, 0.4) is 0 Å². The zero-order valence-electron chi connectivity index (χ0n) is 20.7. The van der Waals surface area contributed by atoms with Crippen molar-refractivity contribution in [2.45, 2.75) is 26.7 Å². The molecule has 0 heterocycles. The maximum absolute atomic E-state index is 12.4. The first-order valence-corrected chi connectivity index (χ1v) is 11.4.